The zero-order chi connectivity index (χ0) is 37.9. The molecule has 58 heavy (non-hydrogen) atoms. The van der Waals surface area contributed by atoms with Crippen LogP contribution in [0, 0.1) is 0 Å². The third-order valence-electron chi connectivity index (χ3n) is 11.5. The van der Waals surface area contributed by atoms with Crippen LogP contribution in [0.4, 0.5) is 0 Å². The Morgan fingerprint density at radius 1 is 0.362 bits per heavy atom. The van der Waals surface area contributed by atoms with E-state index in [0.717, 1.165) is 81.9 Å². The summed E-state index contributed by atoms with van der Waals surface area (Å²) in [6.07, 6.45) is 0. The Kier molecular flexibility index (Phi) is 6.73. The summed E-state index contributed by atoms with van der Waals surface area (Å²) >= 11 is 3.60. The van der Waals surface area contributed by atoms with Gasteiger partial charge in [-0.3, -0.25) is 0 Å². The van der Waals surface area contributed by atoms with E-state index < -0.39 is 0 Å². The van der Waals surface area contributed by atoms with Gasteiger partial charge in [-0.1, -0.05) is 97.1 Å². The van der Waals surface area contributed by atoms with Gasteiger partial charge in [0.05, 0.1) is 15.9 Å². The monoisotopic (exact) mass is 776 g/mol. The van der Waals surface area contributed by atoms with E-state index in [4.69, 9.17) is 18.8 Å². The van der Waals surface area contributed by atoms with E-state index in [-0.39, 0.29) is 0 Å². The Bertz CT molecular complexity index is 3810. The van der Waals surface area contributed by atoms with Gasteiger partial charge in [-0.25, -0.2) is 9.97 Å². The molecule has 0 spiro atoms. The molecule has 0 bridgehead atoms. The molecule has 0 unspecified atom stereocenters. The summed E-state index contributed by atoms with van der Waals surface area (Å²) in [7, 11) is 0. The van der Waals surface area contributed by atoms with Crippen molar-refractivity contribution < 1.29 is 8.83 Å². The molecule has 5 aromatic heterocycles. The van der Waals surface area contributed by atoms with Gasteiger partial charge in [-0.15, -0.1) is 22.7 Å². The van der Waals surface area contributed by atoms with Crippen molar-refractivity contribution in [2.75, 3.05) is 0 Å². The van der Waals surface area contributed by atoms with Crippen LogP contribution < -0.4 is 0 Å². The van der Waals surface area contributed by atoms with Crippen LogP contribution in [0.15, 0.2) is 179 Å². The Labute approximate surface area is 338 Å². The molecule has 0 atom stereocenters. The van der Waals surface area contributed by atoms with Crippen LogP contribution in [-0.2, 0) is 0 Å². The van der Waals surface area contributed by atoms with Crippen LogP contribution in [0.25, 0.3) is 129 Å². The van der Waals surface area contributed by atoms with E-state index in [9.17, 15) is 0 Å². The molecular formula is C52H28N2O2S2. The SMILES string of the molecule is c1ccc(-c2ccc3c(c2)sc2c(-c4ccc5oc6ccccc6c5c4)nc(-c4ccc5oc6ccc(-c7cccc8sc9ccccc9c78)cc6c5c4)nc23)cc1. The summed E-state index contributed by atoms with van der Waals surface area (Å²) in [5.41, 5.74) is 12.0. The lowest BCUT2D eigenvalue weighted by molar-refractivity contribution is 0.668. The summed E-state index contributed by atoms with van der Waals surface area (Å²) in [5.74, 6) is 0.674. The van der Waals surface area contributed by atoms with Gasteiger partial charge in [0.15, 0.2) is 5.82 Å². The summed E-state index contributed by atoms with van der Waals surface area (Å²) in [5, 5.41) is 7.98. The van der Waals surface area contributed by atoms with Crippen LogP contribution in [0.3, 0.4) is 0 Å². The number of aromatic nitrogens is 2. The fourth-order valence-corrected chi connectivity index (χ4v) is 11.1. The lowest BCUT2D eigenvalue weighted by Crippen LogP contribution is -1.93. The van der Waals surface area contributed by atoms with E-state index in [1.165, 1.54) is 41.6 Å². The van der Waals surface area contributed by atoms with Crippen molar-refractivity contribution in [3.63, 3.8) is 0 Å². The van der Waals surface area contributed by atoms with Gasteiger partial charge < -0.3 is 8.83 Å². The summed E-state index contributed by atoms with van der Waals surface area (Å²) < 4.78 is 17.5. The van der Waals surface area contributed by atoms with Gasteiger partial charge in [0.1, 0.15) is 22.3 Å². The molecule has 0 amide bonds. The van der Waals surface area contributed by atoms with Crippen molar-refractivity contribution in [2.45, 2.75) is 0 Å². The van der Waals surface area contributed by atoms with Crippen LogP contribution in [0.2, 0.25) is 0 Å². The molecule has 0 aliphatic rings. The van der Waals surface area contributed by atoms with Crippen LogP contribution in [0.5, 0.6) is 0 Å². The first-order valence-corrected chi connectivity index (χ1v) is 20.9. The first-order valence-electron chi connectivity index (χ1n) is 19.3. The fraction of sp³-hybridized carbons (Fsp3) is 0. The number of hydrogen-bond acceptors (Lipinski definition) is 6. The van der Waals surface area contributed by atoms with Crippen LogP contribution in [0.1, 0.15) is 0 Å². The third kappa shape index (κ3) is 4.79. The maximum atomic E-state index is 6.46. The van der Waals surface area contributed by atoms with Crippen molar-refractivity contribution in [1.82, 2.24) is 9.97 Å². The van der Waals surface area contributed by atoms with Gasteiger partial charge in [0, 0.05) is 62.9 Å². The lowest BCUT2D eigenvalue weighted by atomic mass is 9.97. The molecule has 0 fully saturated rings. The van der Waals surface area contributed by atoms with Gasteiger partial charge >= 0.3 is 0 Å². The van der Waals surface area contributed by atoms with E-state index in [1.807, 2.05) is 23.5 Å². The lowest BCUT2D eigenvalue weighted by Gasteiger charge is -2.08. The van der Waals surface area contributed by atoms with Gasteiger partial charge in [0.2, 0.25) is 0 Å². The summed E-state index contributed by atoms with van der Waals surface area (Å²) in [6.45, 7) is 0. The number of fused-ring (bicyclic) bond motifs is 12. The Morgan fingerprint density at radius 3 is 1.84 bits per heavy atom. The minimum atomic E-state index is 0.674. The fourth-order valence-electron chi connectivity index (χ4n) is 8.75. The van der Waals surface area contributed by atoms with Gasteiger partial charge in [-0.2, -0.15) is 0 Å². The Morgan fingerprint density at radius 2 is 1.00 bits per heavy atom. The Hall–Kier alpha value is -7.12. The number of thiophene rings is 2. The molecule has 0 N–H and O–H groups in total. The molecule has 0 saturated heterocycles. The molecule has 0 saturated carbocycles. The second-order valence-electron chi connectivity index (χ2n) is 14.9. The van der Waals surface area contributed by atoms with Crippen molar-refractivity contribution >= 4 is 107 Å². The first-order chi connectivity index (χ1) is 28.7. The highest BCUT2D eigenvalue weighted by Gasteiger charge is 2.20. The number of benzene rings is 8. The standard InChI is InChI=1S/C52H28N2O2S2/c1-2-9-29(10-3-1)30-17-21-37-47(28-30)58-51-49(32-19-23-42-38(26-32)35-11-4-6-14-41(35)55-42)53-52(54-50(37)51)33-20-24-44-40(27-33)39-25-31(18-22-43(39)56-44)34-13-8-16-46-48(34)36-12-5-7-15-45(36)57-46/h1-28H. The molecule has 0 aliphatic heterocycles. The third-order valence-corrected chi connectivity index (χ3v) is 13.8. The maximum Gasteiger partial charge on any atom is 0.160 e. The largest absolute Gasteiger partial charge is 0.456 e. The second kappa shape index (κ2) is 12.2. The minimum Gasteiger partial charge on any atom is -0.456 e. The summed E-state index contributed by atoms with van der Waals surface area (Å²) in [6, 6.07) is 60.1. The van der Waals surface area contributed by atoms with Crippen LogP contribution >= 0.6 is 22.7 Å². The summed E-state index contributed by atoms with van der Waals surface area (Å²) in [4.78, 5) is 10.8. The molecule has 5 heterocycles. The van der Waals surface area contributed by atoms with E-state index >= 15 is 0 Å². The van der Waals surface area contributed by atoms with E-state index in [0.29, 0.717) is 5.82 Å². The quantitative estimate of drug-likeness (QED) is 0.179. The van der Waals surface area contributed by atoms with E-state index in [2.05, 4.69) is 158 Å². The van der Waals surface area contributed by atoms with Crippen LogP contribution in [-0.4, -0.2) is 9.97 Å². The molecule has 6 heteroatoms. The molecule has 13 aromatic rings. The van der Waals surface area contributed by atoms with Crippen molar-refractivity contribution in [3.05, 3.63) is 170 Å². The van der Waals surface area contributed by atoms with Crippen molar-refractivity contribution in [3.8, 4) is 44.9 Å². The molecule has 0 aliphatic carbocycles. The van der Waals surface area contributed by atoms with E-state index in [1.54, 1.807) is 11.3 Å². The molecule has 8 aromatic carbocycles. The zero-order valence-corrected chi connectivity index (χ0v) is 32.3. The highest BCUT2D eigenvalue weighted by Crippen LogP contribution is 2.44. The van der Waals surface area contributed by atoms with Crippen molar-refractivity contribution in [1.29, 1.82) is 0 Å². The number of hydrogen-bond donors (Lipinski definition) is 0. The predicted molar refractivity (Wildman–Crippen MR) is 244 cm³/mol. The van der Waals surface area contributed by atoms with Crippen molar-refractivity contribution in [2.24, 2.45) is 0 Å². The highest BCUT2D eigenvalue weighted by atomic mass is 32.1. The molecule has 270 valence electrons. The maximum absolute atomic E-state index is 6.46. The molecule has 4 nitrogen and oxygen atoms in total. The molecule has 13 rings (SSSR count). The number of rotatable bonds is 4. The Balaban J connectivity index is 1.02. The zero-order valence-electron chi connectivity index (χ0n) is 30.7. The average Bonchev–Trinajstić information content (AvgIpc) is 4.05. The number of para-hydroxylation sites is 1. The highest BCUT2D eigenvalue weighted by molar-refractivity contribution is 7.26. The average molecular weight is 777 g/mol. The van der Waals surface area contributed by atoms with Gasteiger partial charge in [0.25, 0.3) is 0 Å². The predicted octanol–water partition coefficient (Wildman–Crippen LogP) is 15.7. The molecule has 0 radical (unpaired) electrons. The first kappa shape index (κ1) is 32.0. The number of furan rings is 2. The second-order valence-corrected chi connectivity index (χ2v) is 17.0. The topological polar surface area (TPSA) is 52.1 Å². The smallest absolute Gasteiger partial charge is 0.160 e. The minimum absolute atomic E-state index is 0.674. The number of nitrogens with zero attached hydrogens (tertiary/aromatic N) is 2. The molecular weight excluding hydrogens is 749 g/mol. The van der Waals surface area contributed by atoms with Gasteiger partial charge in [-0.05, 0) is 95.1 Å². The normalized spacial score (nSPS) is 12.1.